The molecule has 0 aliphatic carbocycles. The van der Waals surface area contributed by atoms with Gasteiger partial charge in [-0.2, -0.15) is 0 Å². The number of nitrogens with zero attached hydrogens (tertiary/aromatic N) is 2. The van der Waals surface area contributed by atoms with E-state index in [9.17, 15) is 9.59 Å². The molecule has 0 saturated carbocycles. The molecule has 0 radical (unpaired) electrons. The van der Waals surface area contributed by atoms with E-state index in [2.05, 4.69) is 4.84 Å². The van der Waals surface area contributed by atoms with Crippen LogP contribution in [-0.4, -0.2) is 54.9 Å². The molecule has 1 rings (SSSR count). The standard InChI is InChI=1S/C8H16N4O3/c1-11-4-5-12(6-7(11)13)3-2-8(14)15-10-9/h10H,2-6,9H2,1H3. The van der Waals surface area contributed by atoms with Crippen molar-refractivity contribution in [1.29, 1.82) is 0 Å². The predicted octanol–water partition coefficient (Wildman–Crippen LogP) is -1.93. The summed E-state index contributed by atoms with van der Waals surface area (Å²) in [7, 11) is 1.77. The highest BCUT2D eigenvalue weighted by Gasteiger charge is 2.21. The first kappa shape index (κ1) is 11.9. The molecule has 0 bridgehead atoms. The lowest BCUT2D eigenvalue weighted by Gasteiger charge is -2.31. The largest absolute Gasteiger partial charge is 0.356 e. The SMILES string of the molecule is CN1CCN(CCC(=O)ONN)CC1=O. The van der Waals surface area contributed by atoms with Gasteiger partial charge in [0.15, 0.2) is 0 Å². The Morgan fingerprint density at radius 2 is 2.33 bits per heavy atom. The number of likely N-dealkylation sites (N-methyl/N-ethyl adjacent to an activating group) is 1. The van der Waals surface area contributed by atoms with E-state index in [0.29, 0.717) is 19.6 Å². The van der Waals surface area contributed by atoms with E-state index in [0.717, 1.165) is 6.54 Å². The summed E-state index contributed by atoms with van der Waals surface area (Å²) in [6, 6.07) is 0. The van der Waals surface area contributed by atoms with Gasteiger partial charge in [0.05, 0.1) is 13.0 Å². The zero-order chi connectivity index (χ0) is 11.3. The molecule has 15 heavy (non-hydrogen) atoms. The first-order valence-electron chi connectivity index (χ1n) is 4.75. The van der Waals surface area contributed by atoms with Crippen LogP contribution in [0.15, 0.2) is 0 Å². The van der Waals surface area contributed by atoms with Gasteiger partial charge in [0, 0.05) is 26.7 Å². The van der Waals surface area contributed by atoms with Crippen molar-refractivity contribution in [3.05, 3.63) is 0 Å². The van der Waals surface area contributed by atoms with Gasteiger partial charge in [0.2, 0.25) is 5.91 Å². The fourth-order valence-corrected chi connectivity index (χ4v) is 1.36. The molecule has 86 valence electrons. The van der Waals surface area contributed by atoms with Crippen molar-refractivity contribution < 1.29 is 14.4 Å². The van der Waals surface area contributed by atoms with Crippen molar-refractivity contribution in [2.24, 2.45) is 5.84 Å². The zero-order valence-electron chi connectivity index (χ0n) is 8.73. The van der Waals surface area contributed by atoms with Gasteiger partial charge >= 0.3 is 5.97 Å². The molecule has 1 fully saturated rings. The van der Waals surface area contributed by atoms with Gasteiger partial charge in [0.1, 0.15) is 0 Å². The first-order chi connectivity index (χ1) is 7.13. The highest BCUT2D eigenvalue weighted by Crippen LogP contribution is 2.01. The number of amides is 1. The molecule has 0 aromatic heterocycles. The topological polar surface area (TPSA) is 87.9 Å². The minimum Gasteiger partial charge on any atom is -0.356 e. The van der Waals surface area contributed by atoms with Gasteiger partial charge < -0.3 is 9.74 Å². The Balaban J connectivity index is 2.22. The third-order valence-electron chi connectivity index (χ3n) is 2.34. The second kappa shape index (κ2) is 5.64. The van der Waals surface area contributed by atoms with Crippen molar-refractivity contribution in [3.63, 3.8) is 0 Å². The molecular formula is C8H16N4O3. The lowest BCUT2D eigenvalue weighted by molar-refractivity contribution is -0.152. The van der Waals surface area contributed by atoms with Crippen LogP contribution in [0.25, 0.3) is 0 Å². The number of nitrogens with one attached hydrogen (secondary N) is 1. The summed E-state index contributed by atoms with van der Waals surface area (Å²) >= 11 is 0. The Hall–Kier alpha value is -1.18. The third-order valence-corrected chi connectivity index (χ3v) is 2.34. The van der Waals surface area contributed by atoms with Crippen LogP contribution in [0.2, 0.25) is 0 Å². The highest BCUT2D eigenvalue weighted by molar-refractivity contribution is 5.78. The second-order valence-corrected chi connectivity index (χ2v) is 3.43. The van der Waals surface area contributed by atoms with Crippen LogP contribution in [-0.2, 0) is 14.4 Å². The molecule has 0 aromatic rings. The molecule has 7 nitrogen and oxygen atoms in total. The molecule has 0 aromatic carbocycles. The molecular weight excluding hydrogens is 200 g/mol. The number of carbonyl (C=O) groups is 2. The van der Waals surface area contributed by atoms with Gasteiger partial charge in [-0.3, -0.25) is 14.5 Å². The fourth-order valence-electron chi connectivity index (χ4n) is 1.36. The summed E-state index contributed by atoms with van der Waals surface area (Å²) in [6.07, 6.45) is 0.223. The third kappa shape index (κ3) is 3.82. The summed E-state index contributed by atoms with van der Waals surface area (Å²) < 4.78 is 0. The summed E-state index contributed by atoms with van der Waals surface area (Å²) in [6.45, 7) is 2.36. The highest BCUT2D eigenvalue weighted by atomic mass is 16.7. The Morgan fingerprint density at radius 1 is 1.60 bits per heavy atom. The summed E-state index contributed by atoms with van der Waals surface area (Å²) in [4.78, 5) is 30.2. The molecule has 1 amide bonds. The lowest BCUT2D eigenvalue weighted by atomic mass is 10.3. The quantitative estimate of drug-likeness (QED) is 0.420. The molecule has 0 unspecified atom stereocenters. The minimum atomic E-state index is -0.427. The van der Waals surface area contributed by atoms with E-state index in [-0.39, 0.29) is 12.3 Å². The van der Waals surface area contributed by atoms with Crippen LogP contribution < -0.4 is 11.4 Å². The average Bonchev–Trinajstić information content (AvgIpc) is 2.20. The van der Waals surface area contributed by atoms with E-state index >= 15 is 0 Å². The first-order valence-corrected chi connectivity index (χ1v) is 4.75. The molecule has 1 aliphatic heterocycles. The normalized spacial score (nSPS) is 18.0. The molecule has 3 N–H and O–H groups in total. The molecule has 1 aliphatic rings. The Labute approximate surface area is 88.1 Å². The molecule has 0 spiro atoms. The smallest absolute Gasteiger partial charge is 0.327 e. The number of hydrogen-bond donors (Lipinski definition) is 2. The number of piperazine rings is 1. The van der Waals surface area contributed by atoms with Gasteiger partial charge in [-0.1, -0.05) is 5.59 Å². The molecule has 1 heterocycles. The van der Waals surface area contributed by atoms with Crippen molar-refractivity contribution in [3.8, 4) is 0 Å². The average molecular weight is 216 g/mol. The van der Waals surface area contributed by atoms with Crippen molar-refractivity contribution in [1.82, 2.24) is 15.4 Å². The maximum absolute atomic E-state index is 11.3. The summed E-state index contributed by atoms with van der Waals surface area (Å²) in [5.74, 6) is 4.46. The van der Waals surface area contributed by atoms with E-state index in [4.69, 9.17) is 5.84 Å². The summed E-state index contributed by atoms with van der Waals surface area (Å²) in [5.41, 5.74) is 1.83. The van der Waals surface area contributed by atoms with Crippen LogP contribution in [0.1, 0.15) is 6.42 Å². The maximum Gasteiger partial charge on any atom is 0.327 e. The van der Waals surface area contributed by atoms with Crippen LogP contribution in [0, 0.1) is 0 Å². The number of nitrogens with two attached hydrogens (primary N) is 1. The lowest BCUT2D eigenvalue weighted by Crippen LogP contribution is -2.49. The van der Waals surface area contributed by atoms with E-state index in [1.54, 1.807) is 11.9 Å². The number of hydrazine groups is 1. The minimum absolute atomic E-state index is 0.0755. The maximum atomic E-state index is 11.3. The van der Waals surface area contributed by atoms with Crippen LogP contribution >= 0.6 is 0 Å². The predicted molar refractivity (Wildman–Crippen MR) is 52.1 cm³/mol. The zero-order valence-corrected chi connectivity index (χ0v) is 8.73. The van der Waals surface area contributed by atoms with Gasteiger partial charge in [-0.25, -0.2) is 5.84 Å². The number of hydrogen-bond acceptors (Lipinski definition) is 6. The number of carbonyl (C=O) groups excluding carboxylic acids is 2. The van der Waals surface area contributed by atoms with Gasteiger partial charge in [-0.15, -0.1) is 0 Å². The van der Waals surface area contributed by atoms with E-state index < -0.39 is 5.97 Å². The molecule has 7 heteroatoms. The van der Waals surface area contributed by atoms with Crippen LogP contribution in [0.4, 0.5) is 0 Å². The van der Waals surface area contributed by atoms with E-state index in [1.165, 1.54) is 0 Å². The van der Waals surface area contributed by atoms with Gasteiger partial charge in [0.25, 0.3) is 0 Å². The van der Waals surface area contributed by atoms with Crippen LogP contribution in [0.5, 0.6) is 0 Å². The van der Waals surface area contributed by atoms with E-state index in [1.807, 2.05) is 10.5 Å². The van der Waals surface area contributed by atoms with Gasteiger partial charge in [-0.05, 0) is 0 Å². The monoisotopic (exact) mass is 216 g/mol. The van der Waals surface area contributed by atoms with Crippen molar-refractivity contribution in [2.75, 3.05) is 33.2 Å². The summed E-state index contributed by atoms with van der Waals surface area (Å²) in [5, 5.41) is 0. The Bertz CT molecular complexity index is 246. The fraction of sp³-hybridized carbons (Fsp3) is 0.750. The second-order valence-electron chi connectivity index (χ2n) is 3.43. The molecule has 0 atom stereocenters. The Morgan fingerprint density at radius 3 is 2.93 bits per heavy atom. The van der Waals surface area contributed by atoms with Crippen LogP contribution in [0.3, 0.4) is 0 Å². The number of rotatable bonds is 4. The van der Waals surface area contributed by atoms with Crippen molar-refractivity contribution in [2.45, 2.75) is 6.42 Å². The molecule has 1 saturated heterocycles. The Kier molecular flexibility index (Phi) is 4.47. The van der Waals surface area contributed by atoms with Crippen molar-refractivity contribution >= 4 is 11.9 Å².